The number of aryl methyl sites for hydroxylation is 1. The van der Waals surface area contributed by atoms with Gasteiger partial charge < -0.3 is 15.1 Å². The third kappa shape index (κ3) is 3.88. The summed E-state index contributed by atoms with van der Waals surface area (Å²) in [5.74, 6) is 3.37. The van der Waals surface area contributed by atoms with Crippen LogP contribution in [0.15, 0.2) is 6.07 Å². The number of fused-ring (bicyclic) bond motifs is 4. The van der Waals surface area contributed by atoms with Crippen LogP contribution in [0.25, 0.3) is 0 Å². The first-order valence-electron chi connectivity index (χ1n) is 11.9. The minimum absolute atomic E-state index is 0.0834. The van der Waals surface area contributed by atoms with Gasteiger partial charge in [-0.2, -0.15) is 4.98 Å². The molecule has 2 bridgehead atoms. The van der Waals surface area contributed by atoms with E-state index in [1.54, 1.807) is 6.92 Å². The van der Waals surface area contributed by atoms with E-state index in [0.717, 1.165) is 50.2 Å². The molecule has 0 aromatic carbocycles. The molecule has 1 aromatic rings. The molecule has 5 rings (SSSR count). The van der Waals surface area contributed by atoms with Crippen molar-refractivity contribution in [3.63, 3.8) is 0 Å². The van der Waals surface area contributed by atoms with Gasteiger partial charge in [0.15, 0.2) is 0 Å². The molecule has 7 nitrogen and oxygen atoms in total. The average Bonchev–Trinajstić information content (AvgIpc) is 3.28. The lowest BCUT2D eigenvalue weighted by Crippen LogP contribution is -2.65. The number of piperidine rings is 3. The van der Waals surface area contributed by atoms with Gasteiger partial charge in [-0.05, 0) is 57.4 Å². The summed E-state index contributed by atoms with van der Waals surface area (Å²) in [6, 6.07) is 3.26. The number of carbonyl (C=O) groups excluding carboxylic acids is 1. The van der Waals surface area contributed by atoms with Crippen molar-refractivity contribution in [2.45, 2.75) is 64.5 Å². The van der Waals surface area contributed by atoms with E-state index in [1.165, 1.54) is 45.1 Å². The second kappa shape index (κ2) is 8.33. The molecule has 1 aromatic heterocycles. The summed E-state index contributed by atoms with van der Waals surface area (Å²) in [6.07, 6.45) is 7.68. The molecule has 4 fully saturated rings. The third-order valence-electron chi connectivity index (χ3n) is 7.72. The van der Waals surface area contributed by atoms with Crippen LogP contribution in [0, 0.1) is 18.8 Å². The fraction of sp³-hybridized carbons (Fsp3) is 0.783. The molecule has 4 atom stereocenters. The van der Waals surface area contributed by atoms with E-state index in [2.05, 4.69) is 33.0 Å². The molecule has 7 heteroatoms. The highest BCUT2D eigenvalue weighted by atomic mass is 16.1. The Bertz CT molecular complexity index is 779. The maximum Gasteiger partial charge on any atom is 0.227 e. The van der Waals surface area contributed by atoms with Gasteiger partial charge in [0.05, 0.1) is 0 Å². The Morgan fingerprint density at radius 1 is 1.07 bits per heavy atom. The van der Waals surface area contributed by atoms with Gasteiger partial charge >= 0.3 is 0 Å². The summed E-state index contributed by atoms with van der Waals surface area (Å²) in [4.78, 5) is 29.0. The topological polar surface area (TPSA) is 64.6 Å². The van der Waals surface area contributed by atoms with Crippen molar-refractivity contribution in [2.24, 2.45) is 11.8 Å². The normalized spacial score (nSPS) is 31.5. The SMILES string of the molecule is CC(=O)NC[C@H]1[C@H]2C[C@H](CN(c3cc(C)nc(N4CCCC4)n3)C2)[C@@H]2CCCCN21. The first kappa shape index (κ1) is 20.0. The van der Waals surface area contributed by atoms with Gasteiger partial charge in [0.25, 0.3) is 0 Å². The second-order valence-electron chi connectivity index (χ2n) is 9.83. The standard InChI is InChI=1S/C23H36N6O/c1-16-11-22(26-23(25-16)27-8-5-6-9-27)28-14-18-12-19(15-28)21(13-24-17(2)30)29-10-4-3-7-20(18)29/h11,18-21H,3-10,12-15H2,1-2H3,(H,24,30)/t18-,19+,20+,21+/m1/s1. The van der Waals surface area contributed by atoms with Crippen LogP contribution in [0.5, 0.6) is 0 Å². The van der Waals surface area contributed by atoms with Gasteiger partial charge in [0, 0.05) is 63.5 Å². The zero-order valence-corrected chi connectivity index (χ0v) is 18.5. The first-order valence-corrected chi connectivity index (χ1v) is 11.9. The molecule has 5 heterocycles. The number of aromatic nitrogens is 2. The Labute approximate surface area is 180 Å². The molecule has 4 aliphatic rings. The number of nitrogens with one attached hydrogen (secondary N) is 1. The highest BCUT2D eigenvalue weighted by Gasteiger charge is 2.47. The fourth-order valence-corrected chi connectivity index (χ4v) is 6.38. The fourth-order valence-electron chi connectivity index (χ4n) is 6.38. The molecule has 30 heavy (non-hydrogen) atoms. The summed E-state index contributed by atoms with van der Waals surface area (Å²) in [7, 11) is 0. The Morgan fingerprint density at radius 3 is 2.63 bits per heavy atom. The monoisotopic (exact) mass is 412 g/mol. The highest BCUT2D eigenvalue weighted by molar-refractivity contribution is 5.72. The van der Waals surface area contributed by atoms with Crippen LogP contribution in [0.2, 0.25) is 0 Å². The summed E-state index contributed by atoms with van der Waals surface area (Å²) in [5, 5.41) is 3.13. The van der Waals surface area contributed by atoms with E-state index in [0.29, 0.717) is 23.9 Å². The van der Waals surface area contributed by atoms with Gasteiger partial charge in [-0.25, -0.2) is 4.98 Å². The van der Waals surface area contributed by atoms with Gasteiger partial charge in [0.2, 0.25) is 11.9 Å². The van der Waals surface area contributed by atoms with Crippen LogP contribution >= 0.6 is 0 Å². The summed E-state index contributed by atoms with van der Waals surface area (Å²) < 4.78 is 0. The predicted octanol–water partition coefficient (Wildman–Crippen LogP) is 2.20. The highest BCUT2D eigenvalue weighted by Crippen LogP contribution is 2.42. The number of hydrogen-bond acceptors (Lipinski definition) is 6. The smallest absolute Gasteiger partial charge is 0.227 e. The van der Waals surface area contributed by atoms with Crippen molar-refractivity contribution >= 4 is 17.7 Å². The van der Waals surface area contributed by atoms with Crippen LogP contribution < -0.4 is 15.1 Å². The maximum absolute atomic E-state index is 11.6. The summed E-state index contributed by atoms with van der Waals surface area (Å²) in [5.41, 5.74) is 1.06. The van der Waals surface area contributed by atoms with Crippen molar-refractivity contribution in [1.29, 1.82) is 0 Å². The lowest BCUT2D eigenvalue weighted by atomic mass is 9.72. The first-order chi connectivity index (χ1) is 14.6. The molecular formula is C23H36N6O. The van der Waals surface area contributed by atoms with E-state index >= 15 is 0 Å². The van der Waals surface area contributed by atoms with Crippen molar-refractivity contribution in [1.82, 2.24) is 20.2 Å². The van der Waals surface area contributed by atoms with Crippen molar-refractivity contribution in [2.75, 3.05) is 49.1 Å². The van der Waals surface area contributed by atoms with Crippen LogP contribution in [0.4, 0.5) is 11.8 Å². The molecule has 0 unspecified atom stereocenters. The van der Waals surface area contributed by atoms with E-state index < -0.39 is 0 Å². The number of rotatable bonds is 4. The van der Waals surface area contributed by atoms with Crippen molar-refractivity contribution < 1.29 is 4.79 Å². The Kier molecular flexibility index (Phi) is 5.56. The lowest BCUT2D eigenvalue weighted by molar-refractivity contribution is -0.119. The molecule has 4 aliphatic heterocycles. The van der Waals surface area contributed by atoms with E-state index in [1.807, 2.05) is 0 Å². The molecular weight excluding hydrogens is 376 g/mol. The van der Waals surface area contributed by atoms with E-state index in [9.17, 15) is 4.79 Å². The average molecular weight is 413 g/mol. The molecule has 1 N–H and O–H groups in total. The van der Waals surface area contributed by atoms with Gasteiger partial charge in [0.1, 0.15) is 5.82 Å². The van der Waals surface area contributed by atoms with Crippen LogP contribution in [-0.4, -0.2) is 72.1 Å². The van der Waals surface area contributed by atoms with Gasteiger partial charge in [-0.1, -0.05) is 6.42 Å². The Balaban J connectivity index is 1.40. The lowest BCUT2D eigenvalue weighted by Gasteiger charge is -2.57. The van der Waals surface area contributed by atoms with Crippen LogP contribution in [0.3, 0.4) is 0 Å². The largest absolute Gasteiger partial charge is 0.356 e. The predicted molar refractivity (Wildman–Crippen MR) is 119 cm³/mol. The Hall–Kier alpha value is -1.89. The number of hydrogen-bond donors (Lipinski definition) is 1. The van der Waals surface area contributed by atoms with E-state index in [-0.39, 0.29) is 5.91 Å². The minimum Gasteiger partial charge on any atom is -0.356 e. The quantitative estimate of drug-likeness (QED) is 0.818. The molecule has 0 radical (unpaired) electrons. The van der Waals surface area contributed by atoms with Crippen molar-refractivity contribution in [3.8, 4) is 0 Å². The molecule has 0 spiro atoms. The molecule has 1 amide bonds. The number of carbonyl (C=O) groups is 1. The molecule has 4 saturated heterocycles. The summed E-state index contributed by atoms with van der Waals surface area (Å²) in [6.45, 7) is 9.97. The summed E-state index contributed by atoms with van der Waals surface area (Å²) >= 11 is 0. The minimum atomic E-state index is 0.0834. The molecule has 0 aliphatic carbocycles. The van der Waals surface area contributed by atoms with Gasteiger partial charge in [-0.3, -0.25) is 9.69 Å². The number of anilines is 2. The van der Waals surface area contributed by atoms with Crippen LogP contribution in [0.1, 0.15) is 51.1 Å². The number of amides is 1. The van der Waals surface area contributed by atoms with Crippen molar-refractivity contribution in [3.05, 3.63) is 11.8 Å². The maximum atomic E-state index is 11.6. The second-order valence-corrected chi connectivity index (χ2v) is 9.83. The van der Waals surface area contributed by atoms with Crippen LogP contribution in [-0.2, 0) is 4.79 Å². The Morgan fingerprint density at radius 2 is 1.83 bits per heavy atom. The van der Waals surface area contributed by atoms with Gasteiger partial charge in [-0.15, -0.1) is 0 Å². The zero-order valence-electron chi connectivity index (χ0n) is 18.5. The molecule has 164 valence electrons. The third-order valence-corrected chi connectivity index (χ3v) is 7.72. The molecule has 0 saturated carbocycles. The number of nitrogens with zero attached hydrogens (tertiary/aromatic N) is 5. The van der Waals surface area contributed by atoms with E-state index in [4.69, 9.17) is 9.97 Å². The zero-order chi connectivity index (χ0) is 20.7.